The number of benzene rings is 1. The van der Waals surface area contributed by atoms with E-state index in [1.807, 2.05) is 13.1 Å². The summed E-state index contributed by atoms with van der Waals surface area (Å²) in [6, 6.07) is 7.85. The van der Waals surface area contributed by atoms with Crippen molar-refractivity contribution in [2.45, 2.75) is 122 Å². The molecule has 3 atom stereocenters. The zero-order chi connectivity index (χ0) is 29.5. The van der Waals surface area contributed by atoms with Gasteiger partial charge in [0.05, 0.1) is 11.9 Å². The summed E-state index contributed by atoms with van der Waals surface area (Å²) < 4.78 is 0. The van der Waals surface area contributed by atoms with Crippen LogP contribution in [0.15, 0.2) is 24.4 Å². The second-order valence-electron chi connectivity index (χ2n) is 13.3. The number of fused-ring (bicyclic) bond motifs is 1. The van der Waals surface area contributed by atoms with Gasteiger partial charge in [0.1, 0.15) is 11.6 Å². The molecule has 7 nitrogen and oxygen atoms in total. The van der Waals surface area contributed by atoms with Gasteiger partial charge < -0.3 is 20.9 Å². The second kappa shape index (κ2) is 14.3. The summed E-state index contributed by atoms with van der Waals surface area (Å²) in [5.74, 6) is 1.50. The predicted molar refractivity (Wildman–Crippen MR) is 169 cm³/mol. The first-order chi connectivity index (χ1) is 20.4. The van der Waals surface area contributed by atoms with Gasteiger partial charge in [-0.3, -0.25) is 9.59 Å². The smallest absolute Gasteiger partial charge is 0.221 e. The van der Waals surface area contributed by atoms with Gasteiger partial charge in [0.15, 0.2) is 0 Å². The minimum Gasteiger partial charge on any atom is -0.369 e. The number of rotatable bonds is 17. The third kappa shape index (κ3) is 7.52. The summed E-state index contributed by atoms with van der Waals surface area (Å²) in [6.45, 7) is 7.66. The SMILES string of the molecule is CCC(=O)CCCCCCc1ncc(-c2ccc3c(c2)C(CC)NC3CCCCCN2CCC3(CC2)CC3C(N)=O)[nH]1. The van der Waals surface area contributed by atoms with Crippen molar-refractivity contribution in [2.75, 3.05) is 19.6 Å². The highest BCUT2D eigenvalue weighted by Gasteiger charge is 2.57. The van der Waals surface area contributed by atoms with Gasteiger partial charge in [-0.25, -0.2) is 4.98 Å². The summed E-state index contributed by atoms with van der Waals surface area (Å²) in [7, 11) is 0. The molecule has 3 heterocycles. The van der Waals surface area contributed by atoms with E-state index in [2.05, 4.69) is 45.3 Å². The number of imidazole rings is 1. The summed E-state index contributed by atoms with van der Waals surface area (Å²) in [5.41, 5.74) is 11.1. The Balaban J connectivity index is 1.04. The van der Waals surface area contributed by atoms with Crippen molar-refractivity contribution in [1.29, 1.82) is 0 Å². The van der Waals surface area contributed by atoms with Crippen molar-refractivity contribution >= 4 is 11.7 Å². The average Bonchev–Trinajstić information content (AvgIpc) is 3.32. The maximum absolute atomic E-state index is 11.5. The van der Waals surface area contributed by atoms with E-state index in [0.29, 0.717) is 24.3 Å². The molecule has 1 spiro atoms. The van der Waals surface area contributed by atoms with E-state index in [1.165, 1.54) is 48.9 Å². The molecule has 3 unspecified atom stereocenters. The molecule has 5 rings (SSSR count). The van der Waals surface area contributed by atoms with E-state index in [0.717, 1.165) is 88.8 Å². The Morgan fingerprint density at radius 2 is 1.79 bits per heavy atom. The fourth-order valence-electron chi connectivity index (χ4n) is 7.53. The number of aryl methyl sites for hydroxylation is 1. The largest absolute Gasteiger partial charge is 0.369 e. The molecule has 42 heavy (non-hydrogen) atoms. The molecule has 2 fully saturated rings. The molecule has 1 aromatic carbocycles. The van der Waals surface area contributed by atoms with Gasteiger partial charge in [0, 0.05) is 37.3 Å². The number of hydrogen-bond donors (Lipinski definition) is 3. The van der Waals surface area contributed by atoms with Crippen LogP contribution in [-0.2, 0) is 16.0 Å². The molecule has 1 aromatic heterocycles. The highest BCUT2D eigenvalue weighted by Crippen LogP contribution is 2.59. The van der Waals surface area contributed by atoms with Crippen molar-refractivity contribution < 1.29 is 9.59 Å². The zero-order valence-corrected chi connectivity index (χ0v) is 26.1. The number of primary amides is 1. The Morgan fingerprint density at radius 1 is 1.00 bits per heavy atom. The first-order valence-electron chi connectivity index (χ1n) is 16.9. The summed E-state index contributed by atoms with van der Waals surface area (Å²) in [6.07, 6.45) is 18.1. The number of piperidine rings is 1. The molecule has 4 N–H and O–H groups in total. The van der Waals surface area contributed by atoms with Crippen molar-refractivity contribution in [3.8, 4) is 11.3 Å². The molecule has 7 heteroatoms. The number of nitrogens with two attached hydrogens (primary N) is 1. The van der Waals surface area contributed by atoms with E-state index in [1.54, 1.807) is 0 Å². The molecule has 0 bridgehead atoms. The molecule has 2 aliphatic heterocycles. The van der Waals surface area contributed by atoms with E-state index >= 15 is 0 Å². The van der Waals surface area contributed by atoms with Gasteiger partial charge in [0.25, 0.3) is 0 Å². The van der Waals surface area contributed by atoms with Gasteiger partial charge >= 0.3 is 0 Å². The summed E-state index contributed by atoms with van der Waals surface area (Å²) in [4.78, 5) is 33.8. The normalized spacial score (nSPS) is 22.9. The van der Waals surface area contributed by atoms with Crippen molar-refractivity contribution in [3.63, 3.8) is 0 Å². The lowest BCUT2D eigenvalue weighted by atomic mass is 9.90. The summed E-state index contributed by atoms with van der Waals surface area (Å²) in [5, 5.41) is 3.92. The number of nitrogens with one attached hydrogen (secondary N) is 2. The molecule has 0 radical (unpaired) electrons. The molecule has 3 aliphatic rings. The van der Waals surface area contributed by atoms with Crippen LogP contribution in [0.4, 0.5) is 0 Å². The molecule has 1 saturated carbocycles. The molecular weight excluding hydrogens is 522 g/mol. The van der Waals surface area contributed by atoms with Crippen LogP contribution in [0.2, 0.25) is 0 Å². The number of amides is 1. The molecule has 2 aromatic rings. The number of unbranched alkanes of at least 4 members (excludes halogenated alkanes) is 5. The molecule has 1 saturated heterocycles. The highest BCUT2D eigenvalue weighted by atomic mass is 16.1. The number of ketones is 1. The van der Waals surface area contributed by atoms with Crippen LogP contribution in [0.1, 0.15) is 133 Å². The fourth-order valence-corrected chi connectivity index (χ4v) is 7.53. The number of Topliss-reactive ketones (excluding diaryl/α,β-unsaturated/α-hetero) is 1. The zero-order valence-electron chi connectivity index (χ0n) is 26.1. The highest BCUT2D eigenvalue weighted by molar-refractivity contribution is 5.80. The van der Waals surface area contributed by atoms with Gasteiger partial charge in [-0.2, -0.15) is 0 Å². The van der Waals surface area contributed by atoms with E-state index in [9.17, 15) is 9.59 Å². The van der Waals surface area contributed by atoms with Crippen LogP contribution in [0.3, 0.4) is 0 Å². The Kier molecular flexibility index (Phi) is 10.5. The Bertz CT molecular complexity index is 1200. The Hall–Kier alpha value is -2.51. The minimum absolute atomic E-state index is 0.0848. The van der Waals surface area contributed by atoms with Crippen LogP contribution >= 0.6 is 0 Å². The minimum atomic E-state index is -0.0848. The summed E-state index contributed by atoms with van der Waals surface area (Å²) >= 11 is 0. The molecular formula is C35H53N5O2. The van der Waals surface area contributed by atoms with Crippen LogP contribution in [0, 0.1) is 11.3 Å². The van der Waals surface area contributed by atoms with Gasteiger partial charge in [-0.15, -0.1) is 0 Å². The number of likely N-dealkylation sites (tertiary alicyclic amines) is 1. The standard InChI is InChI=1S/C35H53N5O2/c1-3-26(41)12-8-5-6-10-14-33-37-24-32(39-33)25-15-16-27-28(22-25)30(4-2)38-31(27)13-9-7-11-19-40-20-17-35(18-21-40)23-29(35)34(36)42/h15-16,22,24,29-31,38H,3-14,17-21,23H2,1-2H3,(H2,36,42)(H,37,39). The topological polar surface area (TPSA) is 104 Å². The number of carbonyl (C=O) groups excluding carboxylic acids is 2. The number of aromatic nitrogens is 2. The third-order valence-electron chi connectivity index (χ3n) is 10.5. The fraction of sp³-hybridized carbons (Fsp3) is 0.686. The molecule has 1 aliphatic carbocycles. The predicted octanol–water partition coefficient (Wildman–Crippen LogP) is 6.79. The molecule has 230 valence electrons. The molecule has 1 amide bonds. The van der Waals surface area contributed by atoms with E-state index < -0.39 is 0 Å². The Morgan fingerprint density at radius 3 is 2.52 bits per heavy atom. The van der Waals surface area contributed by atoms with Crippen molar-refractivity contribution in [2.24, 2.45) is 17.1 Å². The van der Waals surface area contributed by atoms with Gasteiger partial charge in [-0.1, -0.05) is 51.7 Å². The second-order valence-corrected chi connectivity index (χ2v) is 13.3. The van der Waals surface area contributed by atoms with Crippen molar-refractivity contribution in [1.82, 2.24) is 20.2 Å². The van der Waals surface area contributed by atoms with Gasteiger partial charge in [-0.05, 0) is 99.2 Å². The number of aromatic amines is 1. The lowest BCUT2D eigenvalue weighted by molar-refractivity contribution is -0.120. The maximum Gasteiger partial charge on any atom is 0.221 e. The third-order valence-corrected chi connectivity index (χ3v) is 10.5. The first kappa shape index (κ1) is 30.9. The van der Waals surface area contributed by atoms with E-state index in [-0.39, 0.29) is 17.2 Å². The quantitative estimate of drug-likeness (QED) is 0.180. The number of carbonyl (C=O) groups is 2. The van der Waals surface area contributed by atoms with Crippen LogP contribution in [-0.4, -0.2) is 46.2 Å². The number of nitrogens with zero attached hydrogens (tertiary/aromatic N) is 2. The van der Waals surface area contributed by atoms with Gasteiger partial charge in [0.2, 0.25) is 5.91 Å². The number of hydrogen-bond acceptors (Lipinski definition) is 5. The average molecular weight is 576 g/mol. The van der Waals surface area contributed by atoms with Crippen LogP contribution in [0.5, 0.6) is 0 Å². The maximum atomic E-state index is 11.5. The van der Waals surface area contributed by atoms with Crippen LogP contribution < -0.4 is 11.1 Å². The monoisotopic (exact) mass is 575 g/mol. The lowest BCUT2D eigenvalue weighted by Gasteiger charge is -2.32. The van der Waals surface area contributed by atoms with Crippen molar-refractivity contribution in [3.05, 3.63) is 41.3 Å². The first-order valence-corrected chi connectivity index (χ1v) is 16.9. The Labute approximate surface area is 252 Å². The van der Waals surface area contributed by atoms with Crippen LogP contribution in [0.25, 0.3) is 11.3 Å². The number of H-pyrrole nitrogens is 1. The van der Waals surface area contributed by atoms with E-state index in [4.69, 9.17) is 5.73 Å². The lowest BCUT2D eigenvalue weighted by Crippen LogP contribution is -2.36.